The second-order valence-electron chi connectivity index (χ2n) is 4.56. The highest BCUT2D eigenvalue weighted by atomic mass is 35.5. The summed E-state index contributed by atoms with van der Waals surface area (Å²) in [5, 5.41) is 0. The first kappa shape index (κ1) is 13.1. The van der Waals surface area contributed by atoms with E-state index in [1.165, 1.54) is 24.3 Å². The van der Waals surface area contributed by atoms with Gasteiger partial charge in [0.05, 0.1) is 22.6 Å². The van der Waals surface area contributed by atoms with Gasteiger partial charge in [0, 0.05) is 6.07 Å². The summed E-state index contributed by atoms with van der Waals surface area (Å²) in [4.78, 5) is 4.33. The topological polar surface area (TPSA) is 17.8 Å². The number of fused-ring (bicyclic) bond motifs is 1. The van der Waals surface area contributed by atoms with Crippen molar-refractivity contribution in [2.75, 3.05) is 0 Å². The quantitative estimate of drug-likeness (QED) is 0.642. The van der Waals surface area contributed by atoms with Crippen LogP contribution in [0, 0.1) is 18.6 Å². The smallest absolute Gasteiger partial charge is 0.129 e. The highest BCUT2D eigenvalue weighted by Crippen LogP contribution is 2.25. The molecule has 0 saturated heterocycles. The van der Waals surface area contributed by atoms with Gasteiger partial charge in [-0.1, -0.05) is 0 Å². The molecule has 0 aliphatic carbocycles. The first-order valence-electron chi connectivity index (χ1n) is 6.09. The molecular formula is C15H11ClF2N2. The third-order valence-electron chi connectivity index (χ3n) is 3.21. The van der Waals surface area contributed by atoms with E-state index in [1.54, 1.807) is 12.1 Å². The van der Waals surface area contributed by atoms with Gasteiger partial charge in [0.2, 0.25) is 0 Å². The molecule has 1 aromatic heterocycles. The van der Waals surface area contributed by atoms with E-state index in [-0.39, 0.29) is 17.5 Å². The fourth-order valence-electron chi connectivity index (χ4n) is 2.33. The molecule has 3 rings (SSSR count). The van der Waals surface area contributed by atoms with Crippen molar-refractivity contribution in [2.45, 2.75) is 12.8 Å². The molecule has 0 saturated carbocycles. The van der Waals surface area contributed by atoms with Gasteiger partial charge < -0.3 is 0 Å². The fourth-order valence-corrected chi connectivity index (χ4v) is 2.51. The molecule has 0 N–H and O–H groups in total. The summed E-state index contributed by atoms with van der Waals surface area (Å²) >= 11 is 5.93. The number of alkyl halides is 1. The first-order valence-corrected chi connectivity index (χ1v) is 6.63. The Morgan fingerprint density at radius 3 is 2.50 bits per heavy atom. The van der Waals surface area contributed by atoms with Crippen LogP contribution in [0.2, 0.25) is 0 Å². The Morgan fingerprint density at radius 1 is 1.10 bits per heavy atom. The number of imidazole rings is 1. The summed E-state index contributed by atoms with van der Waals surface area (Å²) in [7, 11) is 0. The van der Waals surface area contributed by atoms with E-state index in [0.717, 1.165) is 16.8 Å². The van der Waals surface area contributed by atoms with Gasteiger partial charge in [-0.05, 0) is 42.8 Å². The van der Waals surface area contributed by atoms with Crippen LogP contribution in [0.3, 0.4) is 0 Å². The predicted octanol–water partition coefficient (Wildman–Crippen LogP) is 4.35. The molecule has 3 aromatic rings. The molecule has 0 fully saturated rings. The van der Waals surface area contributed by atoms with Crippen LogP contribution in [-0.2, 0) is 5.88 Å². The summed E-state index contributed by atoms with van der Waals surface area (Å²) in [5.74, 6) is 0.142. The number of hydrogen-bond donors (Lipinski definition) is 0. The van der Waals surface area contributed by atoms with Crippen LogP contribution in [0.4, 0.5) is 8.78 Å². The third-order valence-corrected chi connectivity index (χ3v) is 3.44. The average Bonchev–Trinajstić information content (AvgIpc) is 2.76. The van der Waals surface area contributed by atoms with Crippen LogP contribution in [0.5, 0.6) is 0 Å². The van der Waals surface area contributed by atoms with E-state index in [2.05, 4.69) is 4.98 Å². The number of rotatable bonds is 2. The highest BCUT2D eigenvalue weighted by Gasteiger charge is 2.14. The monoisotopic (exact) mass is 292 g/mol. The van der Waals surface area contributed by atoms with Crippen LogP contribution in [0.25, 0.3) is 16.7 Å². The molecule has 1 heterocycles. The van der Waals surface area contributed by atoms with Crippen molar-refractivity contribution in [3.05, 3.63) is 59.4 Å². The van der Waals surface area contributed by atoms with E-state index < -0.39 is 0 Å². The van der Waals surface area contributed by atoms with E-state index in [4.69, 9.17) is 11.6 Å². The van der Waals surface area contributed by atoms with Gasteiger partial charge in [0.1, 0.15) is 17.5 Å². The van der Waals surface area contributed by atoms with Crippen LogP contribution in [0.1, 0.15) is 11.4 Å². The number of hydrogen-bond acceptors (Lipinski definition) is 1. The molecule has 0 spiro atoms. The number of benzene rings is 2. The predicted molar refractivity (Wildman–Crippen MR) is 75.3 cm³/mol. The minimum absolute atomic E-state index is 0.188. The van der Waals surface area contributed by atoms with Crippen molar-refractivity contribution < 1.29 is 8.78 Å². The van der Waals surface area contributed by atoms with Crippen molar-refractivity contribution >= 4 is 22.6 Å². The molecule has 2 aromatic carbocycles. The first-order chi connectivity index (χ1) is 9.60. The summed E-state index contributed by atoms with van der Waals surface area (Å²) < 4.78 is 28.4. The van der Waals surface area contributed by atoms with Crippen molar-refractivity contribution in [1.29, 1.82) is 0 Å². The summed E-state index contributed by atoms with van der Waals surface area (Å²) in [6, 6.07) is 8.89. The van der Waals surface area contributed by atoms with Crippen molar-refractivity contribution in [3.63, 3.8) is 0 Å². The molecule has 0 aliphatic rings. The molecule has 20 heavy (non-hydrogen) atoms. The third kappa shape index (κ3) is 2.06. The molecule has 0 radical (unpaired) electrons. The van der Waals surface area contributed by atoms with Gasteiger partial charge in [0.25, 0.3) is 0 Å². The largest absolute Gasteiger partial charge is 0.295 e. The Hall–Kier alpha value is -1.94. The lowest BCUT2D eigenvalue weighted by Gasteiger charge is -2.11. The zero-order valence-corrected chi connectivity index (χ0v) is 11.5. The Morgan fingerprint density at radius 2 is 1.80 bits per heavy atom. The van der Waals surface area contributed by atoms with Gasteiger partial charge in [-0.25, -0.2) is 13.8 Å². The molecule has 2 nitrogen and oxygen atoms in total. The Kier molecular flexibility index (Phi) is 3.18. The summed E-state index contributed by atoms with van der Waals surface area (Å²) in [5.41, 5.74) is 2.83. The standard InChI is InChI=1S/C15H11ClF2N2/c1-9-6-10(17)2-4-13(9)20-14-5-3-11(18)7-12(14)19-15(20)8-16/h2-7H,8H2,1H3. The number of halogens is 3. The Bertz CT molecular complexity index is 796. The van der Waals surface area contributed by atoms with Crippen molar-refractivity contribution in [3.8, 4) is 5.69 Å². The van der Waals surface area contributed by atoms with Gasteiger partial charge in [0.15, 0.2) is 0 Å². The lowest BCUT2D eigenvalue weighted by Crippen LogP contribution is -2.01. The van der Waals surface area contributed by atoms with Gasteiger partial charge in [-0.3, -0.25) is 4.57 Å². The minimum atomic E-state index is -0.348. The molecule has 0 amide bonds. The molecule has 0 unspecified atom stereocenters. The van der Waals surface area contributed by atoms with Crippen LogP contribution < -0.4 is 0 Å². The second kappa shape index (κ2) is 4.87. The van der Waals surface area contributed by atoms with E-state index >= 15 is 0 Å². The normalized spacial score (nSPS) is 11.2. The highest BCUT2D eigenvalue weighted by molar-refractivity contribution is 6.17. The lowest BCUT2D eigenvalue weighted by molar-refractivity contribution is 0.626. The molecule has 0 aliphatic heterocycles. The second-order valence-corrected chi connectivity index (χ2v) is 4.83. The zero-order chi connectivity index (χ0) is 14.3. The van der Waals surface area contributed by atoms with E-state index in [0.29, 0.717) is 11.3 Å². The van der Waals surface area contributed by atoms with Gasteiger partial charge >= 0.3 is 0 Å². The minimum Gasteiger partial charge on any atom is -0.295 e. The van der Waals surface area contributed by atoms with Gasteiger partial charge in [-0.15, -0.1) is 11.6 Å². The summed E-state index contributed by atoms with van der Waals surface area (Å²) in [6.45, 7) is 1.81. The maximum Gasteiger partial charge on any atom is 0.129 e. The Balaban J connectivity index is 2.34. The number of aryl methyl sites for hydroxylation is 1. The molecule has 102 valence electrons. The molecule has 0 atom stereocenters. The maximum atomic E-state index is 13.3. The molecular weight excluding hydrogens is 282 g/mol. The van der Waals surface area contributed by atoms with Crippen molar-refractivity contribution in [2.24, 2.45) is 0 Å². The number of nitrogens with zero attached hydrogens (tertiary/aromatic N) is 2. The number of aromatic nitrogens is 2. The maximum absolute atomic E-state index is 13.3. The zero-order valence-electron chi connectivity index (χ0n) is 10.7. The Labute approximate surface area is 119 Å². The molecule has 0 bridgehead atoms. The van der Waals surface area contributed by atoms with Crippen molar-refractivity contribution in [1.82, 2.24) is 9.55 Å². The van der Waals surface area contributed by atoms with Crippen LogP contribution >= 0.6 is 11.6 Å². The van der Waals surface area contributed by atoms with Crippen LogP contribution in [-0.4, -0.2) is 9.55 Å². The SMILES string of the molecule is Cc1cc(F)ccc1-n1c(CCl)nc2cc(F)ccc21. The molecule has 5 heteroatoms. The van der Waals surface area contributed by atoms with E-state index in [1.807, 2.05) is 11.5 Å². The average molecular weight is 293 g/mol. The van der Waals surface area contributed by atoms with Crippen LogP contribution in [0.15, 0.2) is 36.4 Å². The van der Waals surface area contributed by atoms with Gasteiger partial charge in [-0.2, -0.15) is 0 Å². The lowest BCUT2D eigenvalue weighted by atomic mass is 10.2. The summed E-state index contributed by atoms with van der Waals surface area (Å²) in [6.07, 6.45) is 0. The fraction of sp³-hybridized carbons (Fsp3) is 0.133. The van der Waals surface area contributed by atoms with E-state index in [9.17, 15) is 8.78 Å².